The van der Waals surface area contributed by atoms with Crippen molar-refractivity contribution in [2.24, 2.45) is 0 Å². The first-order valence-electron chi connectivity index (χ1n) is 12.0. The van der Waals surface area contributed by atoms with E-state index in [9.17, 15) is 14.0 Å². The lowest BCUT2D eigenvalue weighted by Gasteiger charge is -2.32. The number of amides is 2. The Kier molecular flexibility index (Phi) is 8.51. The summed E-state index contributed by atoms with van der Waals surface area (Å²) in [4.78, 5) is 31.2. The Morgan fingerprint density at radius 2 is 1.92 bits per heavy atom. The van der Waals surface area contributed by atoms with Crippen molar-refractivity contribution >= 4 is 17.6 Å². The maximum absolute atomic E-state index is 13.4. The van der Waals surface area contributed by atoms with Crippen LogP contribution in [0.3, 0.4) is 0 Å². The number of nitrogens with zero attached hydrogens (tertiary/aromatic N) is 4. The van der Waals surface area contributed by atoms with Gasteiger partial charge >= 0.3 is 0 Å². The van der Waals surface area contributed by atoms with Crippen LogP contribution in [0.2, 0.25) is 0 Å². The van der Waals surface area contributed by atoms with Gasteiger partial charge in [0.1, 0.15) is 5.82 Å². The fourth-order valence-corrected chi connectivity index (χ4v) is 3.96. The van der Waals surface area contributed by atoms with E-state index in [1.165, 1.54) is 18.3 Å². The van der Waals surface area contributed by atoms with Gasteiger partial charge < -0.3 is 20.3 Å². The minimum atomic E-state index is -0.330. The van der Waals surface area contributed by atoms with Gasteiger partial charge in [0.15, 0.2) is 11.5 Å². The Bertz CT molecular complexity index is 1170. The average Bonchev–Trinajstić information content (AvgIpc) is 2.91. The maximum Gasteiger partial charge on any atom is 0.271 e. The number of rotatable bonds is 9. The number of benzene rings is 1. The zero-order valence-electron chi connectivity index (χ0n) is 20.1. The number of nitrogens with one attached hydrogen (secondary N) is 2. The standard InChI is InChI=1S/C26H29FN6O3/c1-2-36-15-12-28-26(35)23-8-9-24(32-31-23)33-13-10-21(11-14-33)30-25(34)19-6-7-22(29-17-19)18-4-3-5-20(27)16-18/h3-9,16-17,21H,2,10-15H2,1H3,(H,28,35)(H,30,34). The van der Waals surface area contributed by atoms with Gasteiger partial charge in [-0.3, -0.25) is 14.6 Å². The monoisotopic (exact) mass is 492 g/mol. The number of carbonyl (C=O) groups is 2. The van der Waals surface area contributed by atoms with Crippen molar-refractivity contribution in [3.05, 3.63) is 71.8 Å². The van der Waals surface area contributed by atoms with Gasteiger partial charge in [0.2, 0.25) is 0 Å². The first-order chi connectivity index (χ1) is 17.5. The number of hydrogen-bond acceptors (Lipinski definition) is 7. The highest BCUT2D eigenvalue weighted by Gasteiger charge is 2.23. The average molecular weight is 493 g/mol. The largest absolute Gasteiger partial charge is 0.380 e. The highest BCUT2D eigenvalue weighted by molar-refractivity contribution is 5.94. The van der Waals surface area contributed by atoms with Crippen molar-refractivity contribution in [3.8, 4) is 11.3 Å². The van der Waals surface area contributed by atoms with E-state index in [1.807, 2.05) is 6.92 Å². The predicted molar refractivity (Wildman–Crippen MR) is 133 cm³/mol. The predicted octanol–water partition coefficient (Wildman–Crippen LogP) is 2.84. The Morgan fingerprint density at radius 1 is 1.08 bits per heavy atom. The molecule has 0 aliphatic carbocycles. The quantitative estimate of drug-likeness (QED) is 0.442. The summed E-state index contributed by atoms with van der Waals surface area (Å²) >= 11 is 0. The second-order valence-corrected chi connectivity index (χ2v) is 8.41. The third kappa shape index (κ3) is 6.60. The molecule has 9 nitrogen and oxygen atoms in total. The van der Waals surface area contributed by atoms with Crippen molar-refractivity contribution in [2.45, 2.75) is 25.8 Å². The van der Waals surface area contributed by atoms with Gasteiger partial charge in [-0.05, 0) is 56.2 Å². The number of halogens is 1. The second kappa shape index (κ2) is 12.2. The normalized spacial score (nSPS) is 13.9. The minimum Gasteiger partial charge on any atom is -0.380 e. The molecule has 0 spiro atoms. The molecule has 2 amide bonds. The number of ether oxygens (including phenoxy) is 1. The molecule has 3 heterocycles. The summed E-state index contributed by atoms with van der Waals surface area (Å²) in [7, 11) is 0. The molecule has 0 unspecified atom stereocenters. The van der Waals surface area contributed by atoms with Gasteiger partial charge in [0.25, 0.3) is 11.8 Å². The summed E-state index contributed by atoms with van der Waals surface area (Å²) in [6.45, 7) is 4.79. The van der Waals surface area contributed by atoms with Gasteiger partial charge in [-0.2, -0.15) is 0 Å². The van der Waals surface area contributed by atoms with Crippen LogP contribution in [0.15, 0.2) is 54.7 Å². The summed E-state index contributed by atoms with van der Waals surface area (Å²) in [6, 6.07) is 13.1. The van der Waals surface area contributed by atoms with Crippen LogP contribution in [0.1, 0.15) is 40.6 Å². The molecule has 10 heteroatoms. The highest BCUT2D eigenvalue weighted by Crippen LogP contribution is 2.20. The summed E-state index contributed by atoms with van der Waals surface area (Å²) in [5.41, 5.74) is 1.98. The van der Waals surface area contributed by atoms with Gasteiger partial charge in [0.05, 0.1) is 17.9 Å². The lowest BCUT2D eigenvalue weighted by atomic mass is 10.0. The van der Waals surface area contributed by atoms with E-state index >= 15 is 0 Å². The SMILES string of the molecule is CCOCCNC(=O)c1ccc(N2CCC(NC(=O)c3ccc(-c4cccc(F)c4)nc3)CC2)nn1. The van der Waals surface area contributed by atoms with Gasteiger partial charge in [-0.1, -0.05) is 12.1 Å². The molecule has 2 aromatic heterocycles. The molecule has 2 N–H and O–H groups in total. The molecule has 0 saturated carbocycles. The van der Waals surface area contributed by atoms with E-state index in [-0.39, 0.29) is 29.4 Å². The van der Waals surface area contributed by atoms with Crippen molar-refractivity contribution in [3.63, 3.8) is 0 Å². The van der Waals surface area contributed by atoms with E-state index in [1.54, 1.807) is 36.4 Å². The lowest BCUT2D eigenvalue weighted by molar-refractivity contribution is 0.0914. The smallest absolute Gasteiger partial charge is 0.271 e. The zero-order chi connectivity index (χ0) is 25.3. The summed E-state index contributed by atoms with van der Waals surface area (Å²) in [5, 5.41) is 14.1. The van der Waals surface area contributed by atoms with E-state index in [0.29, 0.717) is 55.5 Å². The molecule has 0 radical (unpaired) electrons. The van der Waals surface area contributed by atoms with Crippen LogP contribution < -0.4 is 15.5 Å². The van der Waals surface area contributed by atoms with Crippen LogP contribution in [-0.2, 0) is 4.74 Å². The van der Waals surface area contributed by atoms with E-state index < -0.39 is 0 Å². The molecule has 1 aromatic carbocycles. The minimum absolute atomic E-state index is 0.0278. The Balaban J connectivity index is 1.25. The van der Waals surface area contributed by atoms with Crippen molar-refractivity contribution < 1.29 is 18.7 Å². The number of piperidine rings is 1. The molecule has 4 rings (SSSR count). The summed E-state index contributed by atoms with van der Waals surface area (Å²) < 4.78 is 18.6. The number of pyridine rings is 1. The molecule has 188 valence electrons. The van der Waals surface area contributed by atoms with Gasteiger partial charge in [-0.25, -0.2) is 4.39 Å². The molecule has 1 saturated heterocycles. The maximum atomic E-state index is 13.4. The van der Waals surface area contributed by atoms with Crippen molar-refractivity contribution in [2.75, 3.05) is 37.7 Å². The molecular formula is C26H29FN6O3. The van der Waals surface area contributed by atoms with Crippen LogP contribution in [0.5, 0.6) is 0 Å². The molecular weight excluding hydrogens is 463 g/mol. The third-order valence-corrected chi connectivity index (χ3v) is 5.92. The first kappa shape index (κ1) is 25.2. The number of anilines is 1. The van der Waals surface area contributed by atoms with Gasteiger partial charge in [0, 0.05) is 44.0 Å². The molecule has 1 aliphatic rings. The lowest BCUT2D eigenvalue weighted by Crippen LogP contribution is -2.45. The summed E-state index contributed by atoms with van der Waals surface area (Å²) in [6.07, 6.45) is 3.01. The topological polar surface area (TPSA) is 109 Å². The Morgan fingerprint density at radius 3 is 2.58 bits per heavy atom. The third-order valence-electron chi connectivity index (χ3n) is 5.92. The Hall–Kier alpha value is -3.92. The van der Waals surface area contributed by atoms with E-state index in [0.717, 1.165) is 12.8 Å². The Labute approximate surface area is 209 Å². The van der Waals surface area contributed by atoms with E-state index in [4.69, 9.17) is 4.74 Å². The molecule has 3 aromatic rings. The van der Waals surface area contributed by atoms with Crippen molar-refractivity contribution in [1.82, 2.24) is 25.8 Å². The van der Waals surface area contributed by atoms with Gasteiger partial charge in [-0.15, -0.1) is 10.2 Å². The van der Waals surface area contributed by atoms with Crippen LogP contribution in [0.4, 0.5) is 10.2 Å². The number of aromatic nitrogens is 3. The highest BCUT2D eigenvalue weighted by atomic mass is 19.1. The molecule has 36 heavy (non-hydrogen) atoms. The first-order valence-corrected chi connectivity index (χ1v) is 12.0. The molecule has 1 fully saturated rings. The van der Waals surface area contributed by atoms with Crippen LogP contribution in [-0.4, -0.2) is 65.9 Å². The molecule has 0 atom stereocenters. The molecule has 1 aliphatic heterocycles. The van der Waals surface area contributed by atoms with Crippen LogP contribution >= 0.6 is 0 Å². The van der Waals surface area contributed by atoms with E-state index in [2.05, 4.69) is 30.7 Å². The van der Waals surface area contributed by atoms with Crippen LogP contribution in [0.25, 0.3) is 11.3 Å². The zero-order valence-corrected chi connectivity index (χ0v) is 20.1. The van der Waals surface area contributed by atoms with Crippen molar-refractivity contribution in [1.29, 1.82) is 0 Å². The fraction of sp³-hybridized carbons (Fsp3) is 0.346. The van der Waals surface area contributed by atoms with Crippen LogP contribution in [0, 0.1) is 5.82 Å². The fourth-order valence-electron chi connectivity index (χ4n) is 3.96. The number of carbonyl (C=O) groups excluding carboxylic acids is 2. The number of hydrogen-bond donors (Lipinski definition) is 2. The molecule has 0 bridgehead atoms. The summed E-state index contributed by atoms with van der Waals surface area (Å²) in [5.74, 6) is -0.106. The second-order valence-electron chi connectivity index (χ2n) is 8.41.